The molecule has 184 valence electrons. The number of anilines is 1. The van der Waals surface area contributed by atoms with Gasteiger partial charge in [0.25, 0.3) is 0 Å². The number of sulfone groups is 1. The molecule has 3 rings (SSSR count). The first kappa shape index (κ1) is 26.1. The van der Waals surface area contributed by atoms with Crippen molar-refractivity contribution < 1.29 is 32.6 Å². The van der Waals surface area contributed by atoms with E-state index in [0.29, 0.717) is 0 Å². The van der Waals surface area contributed by atoms with E-state index in [4.69, 9.17) is 32.7 Å². The van der Waals surface area contributed by atoms with Crippen molar-refractivity contribution in [2.24, 2.45) is 5.92 Å². The number of ether oxygens (including phenoxy) is 2. The molecule has 0 spiro atoms. The molecule has 1 aliphatic rings. The number of benzene rings is 2. The van der Waals surface area contributed by atoms with Gasteiger partial charge in [0.15, 0.2) is 15.6 Å². The molecule has 0 saturated heterocycles. The lowest BCUT2D eigenvalue weighted by Crippen LogP contribution is -2.27. The van der Waals surface area contributed by atoms with E-state index in [1.54, 1.807) is 13.8 Å². The van der Waals surface area contributed by atoms with Crippen LogP contribution in [0.2, 0.25) is 10.0 Å². The molecule has 2 N–H and O–H groups in total. The number of carbonyl (C=O) groups excluding carboxylic acids is 2. The van der Waals surface area contributed by atoms with E-state index in [9.17, 15) is 23.1 Å². The van der Waals surface area contributed by atoms with Crippen LogP contribution in [-0.4, -0.2) is 37.3 Å². The summed E-state index contributed by atoms with van der Waals surface area (Å²) in [6.45, 7) is 3.22. The molecular weight excluding hydrogens is 505 g/mol. The Labute approximate surface area is 208 Å². The fourth-order valence-electron chi connectivity index (χ4n) is 3.68. The maximum Gasteiger partial charge on any atom is 0.397 e. The van der Waals surface area contributed by atoms with Crippen molar-refractivity contribution in [3.05, 3.63) is 40.4 Å². The first-order valence-corrected chi connectivity index (χ1v) is 13.1. The molecule has 2 aromatic rings. The Hall–Kier alpha value is -2.49. The third kappa shape index (κ3) is 6.55. The largest absolute Gasteiger partial charge is 0.507 e. The van der Waals surface area contributed by atoms with Gasteiger partial charge in [-0.25, -0.2) is 13.2 Å². The quantitative estimate of drug-likeness (QED) is 0.366. The molecule has 8 nitrogen and oxygen atoms in total. The third-order valence-corrected chi connectivity index (χ3v) is 7.67. The fourth-order valence-corrected chi connectivity index (χ4v) is 6.06. The summed E-state index contributed by atoms with van der Waals surface area (Å²) in [5.41, 5.74) is 0.138. The molecule has 1 amide bonds. The zero-order chi connectivity index (χ0) is 25.0. The summed E-state index contributed by atoms with van der Waals surface area (Å²) in [7, 11) is -3.73. The number of aromatic hydroxyl groups is 1. The second-order valence-electron chi connectivity index (χ2n) is 8.34. The van der Waals surface area contributed by atoms with Gasteiger partial charge >= 0.3 is 11.9 Å². The van der Waals surface area contributed by atoms with Gasteiger partial charge in [-0.3, -0.25) is 4.79 Å². The second kappa shape index (κ2) is 10.8. The van der Waals surface area contributed by atoms with Gasteiger partial charge in [0.2, 0.25) is 0 Å². The second-order valence-corrected chi connectivity index (χ2v) is 11.2. The van der Waals surface area contributed by atoms with Gasteiger partial charge in [0.05, 0.1) is 21.9 Å². The van der Waals surface area contributed by atoms with Gasteiger partial charge in [0, 0.05) is 11.8 Å². The smallest absolute Gasteiger partial charge is 0.397 e. The van der Waals surface area contributed by atoms with Crippen LogP contribution in [0.5, 0.6) is 17.2 Å². The number of nitrogens with one attached hydrogen (secondary N) is 1. The molecule has 34 heavy (non-hydrogen) atoms. The highest BCUT2D eigenvalue weighted by Gasteiger charge is 2.27. The van der Waals surface area contributed by atoms with Crippen molar-refractivity contribution in [1.82, 2.24) is 0 Å². The molecule has 0 aliphatic heterocycles. The Balaban J connectivity index is 1.79. The van der Waals surface area contributed by atoms with E-state index in [0.717, 1.165) is 25.7 Å². The molecule has 0 bridgehead atoms. The van der Waals surface area contributed by atoms with Gasteiger partial charge in [-0.2, -0.15) is 0 Å². The van der Waals surface area contributed by atoms with Crippen LogP contribution in [0.1, 0.15) is 39.5 Å². The predicted molar refractivity (Wildman–Crippen MR) is 129 cm³/mol. The molecule has 11 heteroatoms. The average Bonchev–Trinajstić information content (AvgIpc) is 3.23. The first-order chi connectivity index (χ1) is 16.0. The third-order valence-electron chi connectivity index (χ3n) is 5.20. The summed E-state index contributed by atoms with van der Waals surface area (Å²) in [4.78, 5) is 23.4. The van der Waals surface area contributed by atoms with Crippen molar-refractivity contribution in [2.75, 3.05) is 11.1 Å². The number of hydrogen-bond donors (Lipinski definition) is 2. The van der Waals surface area contributed by atoms with E-state index in [-0.39, 0.29) is 49.5 Å². The van der Waals surface area contributed by atoms with E-state index in [1.807, 2.05) is 0 Å². The van der Waals surface area contributed by atoms with Crippen LogP contribution >= 0.6 is 23.2 Å². The van der Waals surface area contributed by atoms with Crippen molar-refractivity contribution in [2.45, 2.75) is 50.5 Å². The monoisotopic (exact) mass is 529 g/mol. The minimum absolute atomic E-state index is 0.00321. The van der Waals surface area contributed by atoms with Crippen LogP contribution in [-0.2, 0) is 24.2 Å². The molecular formula is C23H25Cl2NO7S. The Morgan fingerprint density at radius 3 is 2.32 bits per heavy atom. The zero-order valence-electron chi connectivity index (χ0n) is 18.6. The number of amides is 1. The SMILES string of the molecule is CC(C)OC(=O)C(=O)Nc1cc(Cl)c(Oc2ccc(O)c(S(=O)(=O)CC3CCCC3)c2)c(Cl)c1. The number of halogens is 2. The lowest BCUT2D eigenvalue weighted by molar-refractivity contribution is -0.155. The molecule has 0 unspecified atom stereocenters. The molecule has 0 heterocycles. The Morgan fingerprint density at radius 1 is 1.12 bits per heavy atom. The van der Waals surface area contributed by atoms with Gasteiger partial charge in [-0.05, 0) is 56.9 Å². The Morgan fingerprint density at radius 2 is 1.74 bits per heavy atom. The summed E-state index contributed by atoms with van der Waals surface area (Å²) in [5.74, 6) is -2.28. The van der Waals surface area contributed by atoms with E-state index < -0.39 is 27.8 Å². The van der Waals surface area contributed by atoms with Gasteiger partial charge in [-0.15, -0.1) is 0 Å². The summed E-state index contributed by atoms with van der Waals surface area (Å²) in [6.07, 6.45) is 3.24. The zero-order valence-corrected chi connectivity index (χ0v) is 21.0. The first-order valence-electron chi connectivity index (χ1n) is 10.7. The summed E-state index contributed by atoms with van der Waals surface area (Å²) < 4.78 is 36.3. The number of esters is 1. The average molecular weight is 530 g/mol. The van der Waals surface area contributed by atoms with Crippen molar-refractivity contribution >= 4 is 50.6 Å². The standard InChI is InChI=1S/C23H25Cl2NO7S/c1-13(2)32-23(29)22(28)26-15-9-17(24)21(18(25)10-15)33-16-7-8-19(27)20(11-16)34(30,31)12-14-5-3-4-6-14/h7-11,13-14,27H,3-6,12H2,1-2H3,(H,26,28). The van der Waals surface area contributed by atoms with Crippen molar-refractivity contribution in [1.29, 1.82) is 0 Å². The van der Waals surface area contributed by atoms with Gasteiger partial charge in [0.1, 0.15) is 16.4 Å². The van der Waals surface area contributed by atoms with Crippen LogP contribution < -0.4 is 10.1 Å². The normalized spacial score (nSPS) is 14.3. The molecule has 0 radical (unpaired) electrons. The van der Waals surface area contributed by atoms with Gasteiger partial charge in [-0.1, -0.05) is 36.0 Å². The highest BCUT2D eigenvalue weighted by atomic mass is 35.5. The minimum Gasteiger partial charge on any atom is -0.507 e. The van der Waals surface area contributed by atoms with E-state index in [1.165, 1.54) is 30.3 Å². The predicted octanol–water partition coefficient (Wildman–Crippen LogP) is 5.35. The maximum atomic E-state index is 12.9. The highest BCUT2D eigenvalue weighted by Crippen LogP contribution is 2.40. The number of hydrogen-bond acceptors (Lipinski definition) is 7. The number of carbonyl (C=O) groups is 2. The number of phenols is 1. The molecule has 1 aliphatic carbocycles. The molecule has 0 atom stereocenters. The van der Waals surface area contributed by atoms with E-state index in [2.05, 4.69) is 5.32 Å². The van der Waals surface area contributed by atoms with Crippen LogP contribution in [0.4, 0.5) is 5.69 Å². The van der Waals surface area contributed by atoms with Crippen molar-refractivity contribution in [3.8, 4) is 17.2 Å². The summed E-state index contributed by atoms with van der Waals surface area (Å²) in [5, 5.41) is 12.5. The summed E-state index contributed by atoms with van der Waals surface area (Å²) in [6, 6.07) is 6.48. The number of rotatable bonds is 7. The van der Waals surface area contributed by atoms with E-state index >= 15 is 0 Å². The van der Waals surface area contributed by atoms with Gasteiger partial charge < -0.3 is 19.9 Å². The lowest BCUT2D eigenvalue weighted by Gasteiger charge is -2.15. The topological polar surface area (TPSA) is 119 Å². The van der Waals surface area contributed by atoms with Crippen molar-refractivity contribution in [3.63, 3.8) is 0 Å². The van der Waals surface area contributed by atoms with Crippen LogP contribution in [0.25, 0.3) is 0 Å². The Kier molecular flexibility index (Phi) is 8.33. The molecule has 2 aromatic carbocycles. The van der Waals surface area contributed by atoms with Crippen LogP contribution in [0.15, 0.2) is 35.2 Å². The molecule has 0 aromatic heterocycles. The Bertz CT molecular complexity index is 1170. The molecule has 1 saturated carbocycles. The lowest BCUT2D eigenvalue weighted by atomic mass is 10.1. The highest BCUT2D eigenvalue weighted by molar-refractivity contribution is 7.91. The van der Waals surface area contributed by atoms with Crippen LogP contribution in [0.3, 0.4) is 0 Å². The van der Waals surface area contributed by atoms with Crippen LogP contribution in [0, 0.1) is 5.92 Å². The number of phenolic OH excluding ortho intramolecular Hbond substituents is 1. The minimum atomic E-state index is -3.73. The fraction of sp³-hybridized carbons (Fsp3) is 0.391. The molecule has 1 fully saturated rings. The summed E-state index contributed by atoms with van der Waals surface area (Å²) >= 11 is 12.5. The maximum absolute atomic E-state index is 12.9.